The zero-order chi connectivity index (χ0) is 13.8. The highest BCUT2D eigenvalue weighted by atomic mass is 16.6. The van der Waals surface area contributed by atoms with E-state index in [0.29, 0.717) is 19.4 Å². The van der Waals surface area contributed by atoms with Crippen LogP contribution in [0.5, 0.6) is 0 Å². The topological polar surface area (TPSA) is 66.8 Å². The number of hydrogen-bond acceptors (Lipinski definition) is 3. The lowest BCUT2D eigenvalue weighted by molar-refractivity contribution is -0.152. The van der Waals surface area contributed by atoms with Crippen LogP contribution in [-0.2, 0) is 9.53 Å². The number of aliphatic carboxylic acids is 1. The average Bonchev–Trinajstić information content (AvgIpc) is 2.28. The third-order valence-corrected chi connectivity index (χ3v) is 3.35. The van der Waals surface area contributed by atoms with Gasteiger partial charge in [-0.05, 0) is 33.1 Å². The summed E-state index contributed by atoms with van der Waals surface area (Å²) in [5.74, 6) is -0.800. The van der Waals surface area contributed by atoms with Crippen molar-refractivity contribution in [3.8, 4) is 0 Å². The molecule has 1 amide bonds. The van der Waals surface area contributed by atoms with Gasteiger partial charge < -0.3 is 14.7 Å². The Morgan fingerprint density at radius 2 is 2.11 bits per heavy atom. The SMILES string of the molecule is CCCC1(C(=O)O)CCCN(C(=O)OC(C)C)C1. The third-order valence-electron chi connectivity index (χ3n) is 3.35. The summed E-state index contributed by atoms with van der Waals surface area (Å²) in [7, 11) is 0. The summed E-state index contributed by atoms with van der Waals surface area (Å²) in [6.45, 7) is 6.40. The fourth-order valence-corrected chi connectivity index (χ4v) is 2.53. The summed E-state index contributed by atoms with van der Waals surface area (Å²) in [5, 5.41) is 9.42. The quantitative estimate of drug-likeness (QED) is 0.840. The molecule has 5 heteroatoms. The predicted molar refractivity (Wildman–Crippen MR) is 67.4 cm³/mol. The Kier molecular flexibility index (Phi) is 4.99. The molecule has 1 heterocycles. The standard InChI is InChI=1S/C13H23NO4/c1-4-6-13(11(15)16)7-5-8-14(9-13)12(17)18-10(2)3/h10H,4-9H2,1-3H3,(H,15,16). The van der Waals surface area contributed by atoms with Crippen LogP contribution in [0.1, 0.15) is 46.5 Å². The van der Waals surface area contributed by atoms with Crippen LogP contribution in [0.25, 0.3) is 0 Å². The van der Waals surface area contributed by atoms with E-state index >= 15 is 0 Å². The van der Waals surface area contributed by atoms with E-state index in [4.69, 9.17) is 4.74 Å². The Labute approximate surface area is 108 Å². The van der Waals surface area contributed by atoms with Crippen molar-refractivity contribution < 1.29 is 19.4 Å². The fourth-order valence-electron chi connectivity index (χ4n) is 2.53. The van der Waals surface area contributed by atoms with Crippen LogP contribution < -0.4 is 0 Å². The van der Waals surface area contributed by atoms with Crippen molar-refractivity contribution in [1.29, 1.82) is 0 Å². The second kappa shape index (κ2) is 6.07. The van der Waals surface area contributed by atoms with Gasteiger partial charge in [0.05, 0.1) is 11.5 Å². The van der Waals surface area contributed by atoms with Crippen molar-refractivity contribution in [3.63, 3.8) is 0 Å². The summed E-state index contributed by atoms with van der Waals surface area (Å²) in [4.78, 5) is 24.8. The van der Waals surface area contributed by atoms with Crippen molar-refractivity contribution in [2.75, 3.05) is 13.1 Å². The minimum absolute atomic E-state index is 0.176. The molecule has 5 nitrogen and oxygen atoms in total. The maximum atomic E-state index is 11.8. The zero-order valence-electron chi connectivity index (χ0n) is 11.4. The molecular formula is C13H23NO4. The molecule has 1 unspecified atom stereocenters. The lowest BCUT2D eigenvalue weighted by Crippen LogP contribution is -2.50. The Morgan fingerprint density at radius 1 is 1.44 bits per heavy atom. The second-order valence-electron chi connectivity index (χ2n) is 5.29. The molecule has 0 aromatic carbocycles. The van der Waals surface area contributed by atoms with Crippen LogP contribution in [-0.4, -0.2) is 41.3 Å². The van der Waals surface area contributed by atoms with Crippen molar-refractivity contribution in [3.05, 3.63) is 0 Å². The van der Waals surface area contributed by atoms with Crippen molar-refractivity contribution >= 4 is 12.1 Å². The number of likely N-dealkylation sites (tertiary alicyclic amines) is 1. The van der Waals surface area contributed by atoms with Crippen LogP contribution >= 0.6 is 0 Å². The van der Waals surface area contributed by atoms with Crippen LogP contribution in [0.4, 0.5) is 4.79 Å². The Bertz CT molecular complexity index is 312. The molecule has 1 aliphatic rings. The summed E-state index contributed by atoms with van der Waals surface area (Å²) in [5.41, 5.74) is -0.789. The normalized spacial score (nSPS) is 24.1. The molecule has 1 atom stereocenters. The van der Waals surface area contributed by atoms with Crippen LogP contribution in [0.2, 0.25) is 0 Å². The summed E-state index contributed by atoms with van der Waals surface area (Å²) >= 11 is 0. The van der Waals surface area contributed by atoms with Crippen LogP contribution in [0.15, 0.2) is 0 Å². The number of rotatable bonds is 4. The van der Waals surface area contributed by atoms with Gasteiger partial charge in [-0.1, -0.05) is 13.3 Å². The summed E-state index contributed by atoms with van der Waals surface area (Å²) in [6, 6.07) is 0. The number of amides is 1. The number of carboxylic acid groups (broad SMARTS) is 1. The van der Waals surface area contributed by atoms with E-state index in [1.54, 1.807) is 13.8 Å². The largest absolute Gasteiger partial charge is 0.481 e. The lowest BCUT2D eigenvalue weighted by atomic mass is 9.76. The zero-order valence-corrected chi connectivity index (χ0v) is 11.4. The molecule has 0 radical (unpaired) electrons. The van der Waals surface area contributed by atoms with E-state index in [2.05, 4.69) is 0 Å². The van der Waals surface area contributed by atoms with E-state index < -0.39 is 17.5 Å². The first kappa shape index (κ1) is 14.8. The monoisotopic (exact) mass is 257 g/mol. The Balaban J connectivity index is 2.74. The minimum atomic E-state index is -0.800. The van der Waals surface area contributed by atoms with Gasteiger partial charge in [0.25, 0.3) is 0 Å². The molecule has 104 valence electrons. The van der Waals surface area contributed by atoms with Gasteiger partial charge in [0.1, 0.15) is 0 Å². The van der Waals surface area contributed by atoms with E-state index in [0.717, 1.165) is 12.8 Å². The first-order valence-corrected chi connectivity index (χ1v) is 6.60. The molecule has 0 aromatic heterocycles. The van der Waals surface area contributed by atoms with Crippen molar-refractivity contribution in [2.45, 2.75) is 52.6 Å². The van der Waals surface area contributed by atoms with E-state index in [9.17, 15) is 14.7 Å². The van der Waals surface area contributed by atoms with Gasteiger partial charge in [-0.25, -0.2) is 4.79 Å². The number of carboxylic acids is 1. The second-order valence-corrected chi connectivity index (χ2v) is 5.29. The number of nitrogens with zero attached hydrogens (tertiary/aromatic N) is 1. The Hall–Kier alpha value is -1.26. The minimum Gasteiger partial charge on any atom is -0.481 e. The molecule has 0 bridgehead atoms. The molecule has 1 aliphatic heterocycles. The number of carbonyl (C=O) groups excluding carboxylic acids is 1. The first-order valence-electron chi connectivity index (χ1n) is 6.60. The summed E-state index contributed by atoms with van der Waals surface area (Å²) in [6.07, 6.45) is 2.20. The number of ether oxygens (including phenoxy) is 1. The molecule has 0 aromatic rings. The van der Waals surface area contributed by atoms with Gasteiger partial charge in [-0.3, -0.25) is 4.79 Å². The van der Waals surface area contributed by atoms with Crippen molar-refractivity contribution in [2.24, 2.45) is 5.41 Å². The van der Waals surface area contributed by atoms with Crippen molar-refractivity contribution in [1.82, 2.24) is 4.90 Å². The van der Waals surface area contributed by atoms with Gasteiger partial charge in [0.15, 0.2) is 0 Å². The molecule has 0 aliphatic carbocycles. The van der Waals surface area contributed by atoms with Gasteiger partial charge in [-0.15, -0.1) is 0 Å². The van der Waals surface area contributed by atoms with E-state index in [-0.39, 0.29) is 12.6 Å². The Morgan fingerprint density at radius 3 is 2.61 bits per heavy atom. The molecule has 18 heavy (non-hydrogen) atoms. The average molecular weight is 257 g/mol. The molecule has 1 rings (SSSR count). The van der Waals surface area contributed by atoms with Gasteiger partial charge in [-0.2, -0.15) is 0 Å². The van der Waals surface area contributed by atoms with E-state index in [1.807, 2.05) is 6.92 Å². The smallest absolute Gasteiger partial charge is 0.410 e. The highest BCUT2D eigenvalue weighted by Crippen LogP contribution is 2.35. The molecule has 0 saturated carbocycles. The van der Waals surface area contributed by atoms with Crippen LogP contribution in [0, 0.1) is 5.41 Å². The highest BCUT2D eigenvalue weighted by molar-refractivity contribution is 5.77. The number of piperidine rings is 1. The third kappa shape index (κ3) is 3.37. The lowest BCUT2D eigenvalue weighted by Gasteiger charge is -2.39. The van der Waals surface area contributed by atoms with E-state index in [1.165, 1.54) is 4.90 Å². The molecular weight excluding hydrogens is 234 g/mol. The van der Waals surface area contributed by atoms with Gasteiger partial charge >= 0.3 is 12.1 Å². The molecule has 0 spiro atoms. The van der Waals surface area contributed by atoms with Gasteiger partial charge in [0.2, 0.25) is 0 Å². The maximum absolute atomic E-state index is 11.8. The molecule has 1 N–H and O–H groups in total. The van der Waals surface area contributed by atoms with Crippen LogP contribution in [0.3, 0.4) is 0 Å². The molecule has 1 saturated heterocycles. The molecule has 1 fully saturated rings. The first-order chi connectivity index (χ1) is 8.41. The predicted octanol–water partition coefficient (Wildman–Crippen LogP) is 2.50. The maximum Gasteiger partial charge on any atom is 0.410 e. The number of hydrogen-bond donors (Lipinski definition) is 1. The fraction of sp³-hybridized carbons (Fsp3) is 0.846. The summed E-state index contributed by atoms with van der Waals surface area (Å²) < 4.78 is 5.13. The van der Waals surface area contributed by atoms with Gasteiger partial charge in [0, 0.05) is 13.1 Å². The number of carbonyl (C=O) groups is 2. The highest BCUT2D eigenvalue weighted by Gasteiger charge is 2.43.